The molecule has 2 aliphatic carbocycles. The molecule has 3 nitrogen and oxygen atoms in total. The van der Waals surface area contributed by atoms with E-state index in [1.807, 2.05) is 18.9 Å². The Bertz CT molecular complexity index is 277. The zero-order valence-corrected chi connectivity index (χ0v) is 11.8. The van der Waals surface area contributed by atoms with E-state index in [2.05, 4.69) is 0 Å². The molecule has 100 valence electrons. The Morgan fingerprint density at radius 1 is 1.24 bits per heavy atom. The second-order valence-corrected chi connectivity index (χ2v) is 5.84. The van der Waals surface area contributed by atoms with Crippen molar-refractivity contribution < 1.29 is 4.79 Å². The van der Waals surface area contributed by atoms with Crippen molar-refractivity contribution in [2.75, 3.05) is 7.05 Å². The number of amides is 1. The van der Waals surface area contributed by atoms with Crippen molar-refractivity contribution in [3.63, 3.8) is 0 Å². The van der Waals surface area contributed by atoms with E-state index in [-0.39, 0.29) is 29.8 Å². The van der Waals surface area contributed by atoms with E-state index in [1.54, 1.807) is 0 Å². The lowest BCUT2D eigenvalue weighted by Gasteiger charge is -2.43. The van der Waals surface area contributed by atoms with E-state index >= 15 is 0 Å². The van der Waals surface area contributed by atoms with Crippen LogP contribution >= 0.6 is 12.4 Å². The summed E-state index contributed by atoms with van der Waals surface area (Å²) < 4.78 is 0. The number of hydrogen-bond donors (Lipinski definition) is 1. The average Bonchev–Trinajstić information content (AvgIpc) is 2.13. The zero-order chi connectivity index (χ0) is 11.8. The van der Waals surface area contributed by atoms with Gasteiger partial charge in [0.2, 0.25) is 5.91 Å². The van der Waals surface area contributed by atoms with Crippen LogP contribution in [0.3, 0.4) is 0 Å². The maximum atomic E-state index is 12.4. The van der Waals surface area contributed by atoms with Gasteiger partial charge in [0, 0.05) is 18.6 Å². The van der Waals surface area contributed by atoms with Crippen LogP contribution in [0.1, 0.15) is 51.9 Å². The molecule has 0 bridgehead atoms. The summed E-state index contributed by atoms with van der Waals surface area (Å²) in [5.74, 6) is 0.334. The summed E-state index contributed by atoms with van der Waals surface area (Å²) in [5, 5.41) is 0. The molecule has 0 aliphatic heterocycles. The topological polar surface area (TPSA) is 46.3 Å². The maximum Gasteiger partial charge on any atom is 0.227 e. The molecule has 0 spiro atoms. The van der Waals surface area contributed by atoms with Crippen molar-refractivity contribution in [3.8, 4) is 0 Å². The molecule has 0 saturated heterocycles. The van der Waals surface area contributed by atoms with Gasteiger partial charge in [0.05, 0.1) is 5.92 Å². The van der Waals surface area contributed by atoms with E-state index in [0.717, 1.165) is 19.3 Å². The van der Waals surface area contributed by atoms with Gasteiger partial charge in [-0.25, -0.2) is 0 Å². The fraction of sp³-hybridized carbons (Fsp3) is 0.923. The van der Waals surface area contributed by atoms with Crippen molar-refractivity contribution in [1.82, 2.24) is 4.90 Å². The number of hydrogen-bond acceptors (Lipinski definition) is 2. The van der Waals surface area contributed by atoms with Gasteiger partial charge in [-0.15, -0.1) is 12.4 Å². The summed E-state index contributed by atoms with van der Waals surface area (Å²) in [7, 11) is 1.96. The molecule has 2 saturated carbocycles. The van der Waals surface area contributed by atoms with Crippen molar-refractivity contribution >= 4 is 18.3 Å². The first-order chi connectivity index (χ1) is 7.52. The molecule has 4 heteroatoms. The molecule has 2 N–H and O–H groups in total. The zero-order valence-electron chi connectivity index (χ0n) is 10.9. The first-order valence-corrected chi connectivity index (χ1v) is 6.58. The average molecular weight is 261 g/mol. The number of rotatable bonds is 2. The molecule has 0 heterocycles. The third-order valence-corrected chi connectivity index (χ3v) is 4.52. The number of nitrogens with two attached hydrogens (primary N) is 1. The Morgan fingerprint density at radius 3 is 2.35 bits per heavy atom. The molecule has 2 fully saturated rings. The summed E-state index contributed by atoms with van der Waals surface area (Å²) in [5.41, 5.74) is 5.99. The fourth-order valence-corrected chi connectivity index (χ4v) is 2.96. The van der Waals surface area contributed by atoms with E-state index in [1.165, 1.54) is 25.7 Å². The summed E-state index contributed by atoms with van der Waals surface area (Å²) in [6.45, 7) is 2.04. The molecule has 2 unspecified atom stereocenters. The van der Waals surface area contributed by atoms with Gasteiger partial charge >= 0.3 is 0 Å². The number of halogens is 1. The Hall–Kier alpha value is -0.280. The normalized spacial score (nSPS) is 33.5. The van der Waals surface area contributed by atoms with Gasteiger partial charge in [-0.1, -0.05) is 12.8 Å². The van der Waals surface area contributed by atoms with Gasteiger partial charge in [0.1, 0.15) is 0 Å². The lowest BCUT2D eigenvalue weighted by molar-refractivity contribution is -0.141. The van der Waals surface area contributed by atoms with Crippen LogP contribution in [0.4, 0.5) is 0 Å². The molecule has 1 amide bonds. The molecule has 2 aliphatic rings. The molecular weight excluding hydrogens is 236 g/mol. The van der Waals surface area contributed by atoms with Crippen LogP contribution in [0.2, 0.25) is 0 Å². The predicted molar refractivity (Wildman–Crippen MR) is 72.2 cm³/mol. The second kappa shape index (κ2) is 5.57. The van der Waals surface area contributed by atoms with Gasteiger partial charge < -0.3 is 10.6 Å². The standard InChI is InChI=1S/C13H24N2O.ClH/c1-13(14)9-4-3-8-11(13)12(16)15(2)10-6-5-7-10;/h10-11H,3-9,14H2,1-2H3;1H. The summed E-state index contributed by atoms with van der Waals surface area (Å²) in [6, 6.07) is 0.491. The highest BCUT2D eigenvalue weighted by Gasteiger charge is 2.40. The minimum Gasteiger partial charge on any atom is -0.342 e. The lowest BCUT2D eigenvalue weighted by Crippen LogP contribution is -2.55. The van der Waals surface area contributed by atoms with Crippen LogP contribution in [0.5, 0.6) is 0 Å². The van der Waals surface area contributed by atoms with Crippen molar-refractivity contribution in [2.45, 2.75) is 63.5 Å². The van der Waals surface area contributed by atoms with Crippen molar-refractivity contribution in [3.05, 3.63) is 0 Å². The van der Waals surface area contributed by atoms with Gasteiger partial charge in [-0.3, -0.25) is 4.79 Å². The van der Waals surface area contributed by atoms with Crippen LogP contribution in [-0.2, 0) is 4.79 Å². The third-order valence-electron chi connectivity index (χ3n) is 4.52. The molecular formula is C13H25ClN2O. The number of carbonyl (C=O) groups excluding carboxylic acids is 1. The Kier molecular flexibility index (Phi) is 4.85. The largest absolute Gasteiger partial charge is 0.342 e. The Labute approximate surface area is 111 Å². The van der Waals surface area contributed by atoms with Crippen LogP contribution in [-0.4, -0.2) is 29.4 Å². The molecule has 0 aromatic rings. The Balaban J connectivity index is 0.00000144. The first kappa shape index (κ1) is 14.8. The molecule has 0 aromatic heterocycles. The van der Waals surface area contributed by atoms with Gasteiger partial charge in [-0.2, -0.15) is 0 Å². The lowest BCUT2D eigenvalue weighted by atomic mass is 9.73. The van der Waals surface area contributed by atoms with Crippen molar-refractivity contribution in [2.24, 2.45) is 11.7 Å². The Morgan fingerprint density at radius 2 is 1.88 bits per heavy atom. The molecule has 17 heavy (non-hydrogen) atoms. The monoisotopic (exact) mass is 260 g/mol. The van der Waals surface area contributed by atoms with Crippen LogP contribution in [0.25, 0.3) is 0 Å². The highest BCUT2D eigenvalue weighted by Crippen LogP contribution is 2.34. The van der Waals surface area contributed by atoms with E-state index < -0.39 is 0 Å². The van der Waals surface area contributed by atoms with Gasteiger partial charge in [0.15, 0.2) is 0 Å². The smallest absolute Gasteiger partial charge is 0.227 e. The van der Waals surface area contributed by atoms with Crippen LogP contribution in [0, 0.1) is 5.92 Å². The van der Waals surface area contributed by atoms with E-state index in [0.29, 0.717) is 6.04 Å². The highest BCUT2D eigenvalue weighted by molar-refractivity contribution is 5.85. The van der Waals surface area contributed by atoms with Crippen LogP contribution < -0.4 is 5.73 Å². The fourth-order valence-electron chi connectivity index (χ4n) is 2.96. The van der Waals surface area contributed by atoms with Gasteiger partial charge in [-0.05, 0) is 39.0 Å². The summed E-state index contributed by atoms with van der Waals surface area (Å²) in [4.78, 5) is 14.4. The predicted octanol–water partition coefficient (Wildman–Crippen LogP) is 2.33. The number of nitrogens with zero attached hydrogens (tertiary/aromatic N) is 1. The van der Waals surface area contributed by atoms with Crippen LogP contribution in [0.15, 0.2) is 0 Å². The third kappa shape index (κ3) is 2.94. The second-order valence-electron chi connectivity index (χ2n) is 5.84. The summed E-state index contributed by atoms with van der Waals surface area (Å²) >= 11 is 0. The SMILES string of the molecule is CN(C(=O)C1CCCCC1(C)N)C1CCC1.Cl. The number of carbonyl (C=O) groups is 1. The molecule has 2 atom stereocenters. The summed E-state index contributed by atoms with van der Waals surface area (Å²) in [6.07, 6.45) is 7.91. The van der Waals surface area contributed by atoms with Gasteiger partial charge in [0.25, 0.3) is 0 Å². The first-order valence-electron chi connectivity index (χ1n) is 6.58. The van der Waals surface area contributed by atoms with E-state index in [9.17, 15) is 4.79 Å². The molecule has 0 radical (unpaired) electrons. The molecule has 0 aromatic carbocycles. The van der Waals surface area contributed by atoms with Crippen molar-refractivity contribution in [1.29, 1.82) is 0 Å². The maximum absolute atomic E-state index is 12.4. The van der Waals surface area contributed by atoms with E-state index in [4.69, 9.17) is 5.73 Å². The highest BCUT2D eigenvalue weighted by atomic mass is 35.5. The minimum atomic E-state index is -0.284. The quantitative estimate of drug-likeness (QED) is 0.828. The molecule has 2 rings (SSSR count). The minimum absolute atomic E-state index is 0.